The quantitative estimate of drug-likeness (QED) is 0.694. The first kappa shape index (κ1) is 21.7. The van der Waals surface area contributed by atoms with Gasteiger partial charge < -0.3 is 14.5 Å². The van der Waals surface area contributed by atoms with Crippen LogP contribution >= 0.6 is 11.6 Å². The molecule has 1 aliphatic rings. The number of alkyl halides is 1. The number of carbonyl (C=O) groups excluding carboxylic acids is 1. The van der Waals surface area contributed by atoms with Gasteiger partial charge in [0.25, 0.3) is 0 Å². The molecule has 0 spiro atoms. The molecule has 1 aromatic carbocycles. The molecule has 1 aliphatic heterocycles. The van der Waals surface area contributed by atoms with E-state index < -0.39 is 21.9 Å². The fraction of sp³-hybridized carbons (Fsp3) is 0.500. The lowest BCUT2D eigenvalue weighted by molar-refractivity contribution is -0.131. The monoisotopic (exact) mass is 445 g/mol. The van der Waals surface area contributed by atoms with Crippen LogP contribution < -0.4 is 0 Å². The van der Waals surface area contributed by atoms with Crippen molar-refractivity contribution in [2.45, 2.75) is 36.2 Å². The molecule has 1 saturated heterocycles. The summed E-state index contributed by atoms with van der Waals surface area (Å²) in [6, 6.07) is 4.17. The van der Waals surface area contributed by atoms with Gasteiger partial charge >= 0.3 is 0 Å². The van der Waals surface area contributed by atoms with Crippen LogP contribution in [0.3, 0.4) is 0 Å². The number of likely N-dealkylation sites (tertiary alicyclic amines) is 1. The summed E-state index contributed by atoms with van der Waals surface area (Å²) >= 11 is 6.18. The minimum absolute atomic E-state index is 0.00958. The second-order valence-electron chi connectivity index (χ2n) is 7.01. The van der Waals surface area contributed by atoms with E-state index in [9.17, 15) is 22.7 Å². The Morgan fingerprint density at radius 1 is 1.48 bits per heavy atom. The summed E-state index contributed by atoms with van der Waals surface area (Å²) in [4.78, 5) is 18.2. The van der Waals surface area contributed by atoms with Gasteiger partial charge in [-0.05, 0) is 31.0 Å². The molecule has 0 aliphatic carbocycles. The number of rotatable bonds is 7. The number of carbonyl (C=O) groups is 1. The highest BCUT2D eigenvalue weighted by atomic mass is 35.5. The number of aliphatic hydroxyl groups excluding tert-OH is 1. The van der Waals surface area contributed by atoms with Gasteiger partial charge in [-0.2, -0.15) is 4.98 Å². The number of nitrogens with zero attached hydrogens (tertiary/aromatic N) is 3. The summed E-state index contributed by atoms with van der Waals surface area (Å²) in [5.74, 6) is -0.465. The van der Waals surface area contributed by atoms with E-state index in [1.165, 1.54) is 23.1 Å². The average Bonchev–Trinajstić information content (AvgIpc) is 3.30. The smallest absolute Gasteiger partial charge is 0.230 e. The predicted octanol–water partition coefficient (Wildman–Crippen LogP) is 2.22. The van der Waals surface area contributed by atoms with Crippen LogP contribution in [0.25, 0.3) is 11.4 Å². The number of hydrogen-bond donors (Lipinski definition) is 1. The zero-order chi connectivity index (χ0) is 21.2. The molecule has 3 rings (SSSR count). The van der Waals surface area contributed by atoms with Crippen LogP contribution in [0, 0.1) is 0 Å². The summed E-state index contributed by atoms with van der Waals surface area (Å²) in [6.07, 6.45) is 0.620. The van der Waals surface area contributed by atoms with Gasteiger partial charge in [-0.15, -0.1) is 0 Å². The van der Waals surface area contributed by atoms with Gasteiger partial charge in [-0.25, -0.2) is 12.8 Å². The molecule has 11 heteroatoms. The third-order valence-electron chi connectivity index (χ3n) is 4.78. The van der Waals surface area contributed by atoms with Gasteiger partial charge in [-0.1, -0.05) is 16.8 Å². The van der Waals surface area contributed by atoms with E-state index in [0.717, 1.165) is 6.26 Å². The van der Waals surface area contributed by atoms with E-state index >= 15 is 0 Å². The van der Waals surface area contributed by atoms with E-state index in [1.807, 2.05) is 0 Å². The summed E-state index contributed by atoms with van der Waals surface area (Å²) in [6.45, 7) is 0.247. The molecule has 2 atom stereocenters. The molecule has 158 valence electrons. The van der Waals surface area contributed by atoms with E-state index in [0.29, 0.717) is 18.5 Å². The van der Waals surface area contributed by atoms with Crippen LogP contribution in [-0.2, 0) is 14.6 Å². The zero-order valence-corrected chi connectivity index (χ0v) is 17.3. The van der Waals surface area contributed by atoms with Crippen LogP contribution in [0.4, 0.5) is 4.39 Å². The number of halogens is 2. The molecular weight excluding hydrogens is 425 g/mol. The third kappa shape index (κ3) is 5.12. The first-order chi connectivity index (χ1) is 13.7. The van der Waals surface area contributed by atoms with Crippen molar-refractivity contribution in [1.82, 2.24) is 15.0 Å². The second kappa shape index (κ2) is 8.76. The lowest BCUT2D eigenvalue weighted by atomic mass is 10.0. The van der Waals surface area contributed by atoms with Crippen LogP contribution in [0.2, 0.25) is 5.02 Å². The maximum Gasteiger partial charge on any atom is 0.230 e. The molecule has 0 radical (unpaired) electrons. The largest absolute Gasteiger partial charge is 0.396 e. The van der Waals surface area contributed by atoms with Crippen LogP contribution in [0.15, 0.2) is 27.6 Å². The van der Waals surface area contributed by atoms with Gasteiger partial charge in [0, 0.05) is 37.3 Å². The maximum absolute atomic E-state index is 13.3. The van der Waals surface area contributed by atoms with Gasteiger partial charge in [-0.3, -0.25) is 4.79 Å². The lowest BCUT2D eigenvalue weighted by Crippen LogP contribution is -2.30. The highest BCUT2D eigenvalue weighted by Crippen LogP contribution is 2.31. The molecule has 2 heterocycles. The van der Waals surface area contributed by atoms with Gasteiger partial charge in [0.2, 0.25) is 17.6 Å². The normalized spacial score (nSPS) is 18.2. The Balaban J connectivity index is 1.80. The Morgan fingerprint density at radius 2 is 2.24 bits per heavy atom. The molecule has 1 aromatic heterocycles. The predicted molar refractivity (Wildman–Crippen MR) is 103 cm³/mol. The Labute approximate surface area is 172 Å². The number of aliphatic hydroxyl groups is 1. The highest BCUT2D eigenvalue weighted by molar-refractivity contribution is 7.90. The van der Waals surface area contributed by atoms with Crippen molar-refractivity contribution in [3.05, 3.63) is 29.1 Å². The molecule has 1 fully saturated rings. The molecule has 8 nitrogen and oxygen atoms in total. The Hall–Kier alpha value is -2.04. The SMILES string of the molecule is CS(=O)(=O)c1ccc(-c2noc(C(CCO)CC(=O)N3CC[C@H](F)C3)n2)c(Cl)c1. The van der Waals surface area contributed by atoms with Crippen molar-refractivity contribution in [3.63, 3.8) is 0 Å². The summed E-state index contributed by atoms with van der Waals surface area (Å²) in [5.41, 5.74) is 0.378. The van der Waals surface area contributed by atoms with Crippen LogP contribution in [-0.4, -0.2) is 66.6 Å². The molecule has 0 bridgehead atoms. The molecule has 1 unspecified atom stereocenters. The first-order valence-corrected chi connectivity index (χ1v) is 11.3. The van der Waals surface area contributed by atoms with Gasteiger partial charge in [0.1, 0.15) is 6.17 Å². The van der Waals surface area contributed by atoms with Crippen molar-refractivity contribution < 1.29 is 27.2 Å². The Bertz CT molecular complexity index is 997. The maximum atomic E-state index is 13.3. The van der Waals surface area contributed by atoms with Gasteiger partial charge in [0.15, 0.2) is 9.84 Å². The molecular formula is C18H21ClFN3O5S. The summed E-state index contributed by atoms with van der Waals surface area (Å²) in [7, 11) is -3.41. The van der Waals surface area contributed by atoms with Crippen molar-refractivity contribution in [2.75, 3.05) is 26.0 Å². The summed E-state index contributed by atoms with van der Waals surface area (Å²) in [5, 5.41) is 13.4. The van der Waals surface area contributed by atoms with Crippen LogP contribution in [0.1, 0.15) is 31.1 Å². The fourth-order valence-electron chi connectivity index (χ4n) is 3.17. The molecule has 0 saturated carbocycles. The third-order valence-corrected chi connectivity index (χ3v) is 6.21. The van der Waals surface area contributed by atoms with Crippen molar-refractivity contribution in [2.24, 2.45) is 0 Å². The number of aromatic nitrogens is 2. The lowest BCUT2D eigenvalue weighted by Gasteiger charge is -2.18. The fourth-order valence-corrected chi connectivity index (χ4v) is 4.15. The topological polar surface area (TPSA) is 114 Å². The number of benzene rings is 1. The molecule has 1 N–H and O–H groups in total. The highest BCUT2D eigenvalue weighted by Gasteiger charge is 2.30. The van der Waals surface area contributed by atoms with Crippen molar-refractivity contribution >= 4 is 27.3 Å². The molecule has 29 heavy (non-hydrogen) atoms. The minimum atomic E-state index is -3.41. The minimum Gasteiger partial charge on any atom is -0.396 e. The van der Waals surface area contributed by atoms with E-state index in [-0.39, 0.29) is 53.5 Å². The van der Waals surface area contributed by atoms with E-state index in [4.69, 9.17) is 16.1 Å². The molecule has 2 aromatic rings. The Kier molecular flexibility index (Phi) is 6.55. The number of hydrogen-bond acceptors (Lipinski definition) is 7. The second-order valence-corrected chi connectivity index (χ2v) is 9.43. The van der Waals surface area contributed by atoms with E-state index in [1.54, 1.807) is 0 Å². The first-order valence-electron chi connectivity index (χ1n) is 9.05. The molecule has 1 amide bonds. The Morgan fingerprint density at radius 3 is 2.83 bits per heavy atom. The number of sulfone groups is 1. The van der Waals surface area contributed by atoms with Crippen molar-refractivity contribution in [1.29, 1.82) is 0 Å². The zero-order valence-electron chi connectivity index (χ0n) is 15.7. The van der Waals surface area contributed by atoms with Crippen molar-refractivity contribution in [3.8, 4) is 11.4 Å². The summed E-state index contributed by atoms with van der Waals surface area (Å²) < 4.78 is 41.9. The van der Waals surface area contributed by atoms with E-state index in [2.05, 4.69) is 10.1 Å². The van der Waals surface area contributed by atoms with Crippen LogP contribution in [0.5, 0.6) is 0 Å². The van der Waals surface area contributed by atoms with Gasteiger partial charge in [0.05, 0.1) is 16.5 Å². The average molecular weight is 446 g/mol. The number of amides is 1. The standard InChI is InChI=1S/C18H21ClFN3O5S/c1-29(26,27)13-2-3-14(15(19)9-13)17-21-18(28-22-17)11(5-7-24)8-16(25)23-6-4-12(20)10-23/h2-3,9,11-12,24H,4-8,10H2,1H3/t11?,12-/m0/s1.